The molecule has 154 valence electrons. The monoisotopic (exact) mass is 384 g/mol. The van der Waals surface area contributed by atoms with Crippen molar-refractivity contribution in [1.29, 1.82) is 0 Å². The fraction of sp³-hybridized carbons (Fsp3) is 0.696. The van der Waals surface area contributed by atoms with Crippen LogP contribution in [0.1, 0.15) is 56.3 Å². The van der Waals surface area contributed by atoms with Gasteiger partial charge in [-0.3, -0.25) is 9.69 Å². The second-order valence-electron chi connectivity index (χ2n) is 9.35. The van der Waals surface area contributed by atoms with Crippen LogP contribution in [0.25, 0.3) is 0 Å². The molecule has 1 heterocycles. The summed E-state index contributed by atoms with van der Waals surface area (Å²) in [6.45, 7) is 8.83. The number of piperazine rings is 1. The quantitative estimate of drug-likeness (QED) is 0.838. The van der Waals surface area contributed by atoms with E-state index in [2.05, 4.69) is 41.1 Å². The van der Waals surface area contributed by atoms with Crippen LogP contribution in [0.4, 0.5) is 5.69 Å². The number of nitrogens with zero attached hydrogens (tertiary/aromatic N) is 2. The third-order valence-electron chi connectivity index (χ3n) is 7.21. The van der Waals surface area contributed by atoms with Gasteiger partial charge in [0.2, 0.25) is 0 Å². The molecule has 2 unspecified atom stereocenters. The van der Waals surface area contributed by atoms with Crippen LogP contribution >= 0.6 is 0 Å². The Kier molecular flexibility index (Phi) is 5.93. The van der Waals surface area contributed by atoms with Crippen LogP contribution in [0.3, 0.4) is 0 Å². The van der Waals surface area contributed by atoms with Gasteiger partial charge in [-0.2, -0.15) is 0 Å². The summed E-state index contributed by atoms with van der Waals surface area (Å²) in [5.41, 5.74) is 8.22. The van der Waals surface area contributed by atoms with Gasteiger partial charge in [-0.25, -0.2) is 0 Å². The zero-order valence-electron chi connectivity index (χ0n) is 17.4. The predicted molar refractivity (Wildman–Crippen MR) is 115 cm³/mol. The molecule has 3 N–H and O–H groups in total. The zero-order valence-corrected chi connectivity index (χ0v) is 17.4. The molecular weight excluding hydrogens is 348 g/mol. The number of fused-ring (bicyclic) bond motifs is 2. The van der Waals surface area contributed by atoms with Crippen LogP contribution in [0.5, 0.6) is 0 Å². The van der Waals surface area contributed by atoms with Crippen LogP contribution in [-0.4, -0.2) is 55.1 Å². The Morgan fingerprint density at radius 3 is 2.21 bits per heavy atom. The minimum atomic E-state index is 0.0774. The van der Waals surface area contributed by atoms with Crippen molar-refractivity contribution in [2.24, 2.45) is 17.6 Å². The van der Waals surface area contributed by atoms with E-state index < -0.39 is 0 Å². The molecule has 2 saturated carbocycles. The molecule has 3 fully saturated rings. The fourth-order valence-electron chi connectivity index (χ4n) is 5.58. The van der Waals surface area contributed by atoms with Gasteiger partial charge in [0.05, 0.1) is 0 Å². The summed E-state index contributed by atoms with van der Waals surface area (Å²) < 4.78 is 0. The highest BCUT2D eigenvalue weighted by Gasteiger charge is 2.39. The van der Waals surface area contributed by atoms with Crippen molar-refractivity contribution in [1.82, 2.24) is 10.2 Å². The average Bonchev–Trinajstić information content (AvgIpc) is 2.69. The van der Waals surface area contributed by atoms with Gasteiger partial charge in [-0.05, 0) is 75.6 Å². The lowest BCUT2D eigenvalue weighted by Gasteiger charge is -2.45. The zero-order chi connectivity index (χ0) is 19.7. The molecule has 0 radical (unpaired) electrons. The maximum atomic E-state index is 12.9. The van der Waals surface area contributed by atoms with Crippen molar-refractivity contribution >= 4 is 11.6 Å². The lowest BCUT2D eigenvalue weighted by molar-refractivity contribution is 0.0756. The smallest absolute Gasteiger partial charge is 0.251 e. The Morgan fingerprint density at radius 2 is 1.64 bits per heavy atom. The van der Waals surface area contributed by atoms with Gasteiger partial charge in [0.1, 0.15) is 0 Å². The first-order valence-electron chi connectivity index (χ1n) is 11.2. The summed E-state index contributed by atoms with van der Waals surface area (Å²) in [5.74, 6) is 1.19. The number of carbonyl (C=O) groups is 1. The van der Waals surface area contributed by atoms with Crippen molar-refractivity contribution in [3.8, 4) is 0 Å². The molecule has 1 amide bonds. The minimum absolute atomic E-state index is 0.0774. The number of rotatable bonds is 4. The Balaban J connectivity index is 1.36. The summed E-state index contributed by atoms with van der Waals surface area (Å²) in [5, 5.41) is 3.36. The number of nitrogens with two attached hydrogens (primary N) is 1. The second-order valence-corrected chi connectivity index (χ2v) is 9.35. The molecule has 2 aliphatic carbocycles. The molecule has 2 bridgehead atoms. The summed E-state index contributed by atoms with van der Waals surface area (Å²) in [6, 6.07) is 9.44. The van der Waals surface area contributed by atoms with Gasteiger partial charge in [-0.15, -0.1) is 0 Å². The summed E-state index contributed by atoms with van der Waals surface area (Å²) in [6.07, 6.45) is 5.81. The number of hydrogen-bond acceptors (Lipinski definition) is 4. The molecule has 5 heteroatoms. The van der Waals surface area contributed by atoms with Crippen molar-refractivity contribution < 1.29 is 4.79 Å². The topological polar surface area (TPSA) is 61.6 Å². The molecule has 2 atom stereocenters. The van der Waals surface area contributed by atoms with Crippen LogP contribution in [0.2, 0.25) is 0 Å². The number of anilines is 1. The van der Waals surface area contributed by atoms with E-state index in [-0.39, 0.29) is 5.91 Å². The van der Waals surface area contributed by atoms with E-state index in [1.165, 1.54) is 24.9 Å². The highest BCUT2D eigenvalue weighted by molar-refractivity contribution is 5.94. The first-order chi connectivity index (χ1) is 13.5. The van der Waals surface area contributed by atoms with Crippen LogP contribution < -0.4 is 16.0 Å². The number of hydrogen-bond donors (Lipinski definition) is 2. The van der Waals surface area contributed by atoms with E-state index in [0.29, 0.717) is 30.0 Å². The van der Waals surface area contributed by atoms with E-state index in [9.17, 15) is 4.79 Å². The van der Waals surface area contributed by atoms with Crippen LogP contribution in [0.15, 0.2) is 24.3 Å². The van der Waals surface area contributed by atoms with Crippen molar-refractivity contribution in [3.63, 3.8) is 0 Å². The fourth-order valence-corrected chi connectivity index (χ4v) is 5.58. The van der Waals surface area contributed by atoms with E-state index in [1.54, 1.807) is 0 Å². The third kappa shape index (κ3) is 4.20. The van der Waals surface area contributed by atoms with E-state index in [4.69, 9.17) is 5.73 Å². The van der Waals surface area contributed by atoms with E-state index in [0.717, 1.165) is 44.6 Å². The Labute approximate surface area is 169 Å². The van der Waals surface area contributed by atoms with E-state index in [1.807, 2.05) is 12.1 Å². The highest BCUT2D eigenvalue weighted by atomic mass is 16.1. The Hall–Kier alpha value is -1.59. The molecule has 28 heavy (non-hydrogen) atoms. The molecule has 1 aromatic carbocycles. The Morgan fingerprint density at radius 1 is 1.04 bits per heavy atom. The summed E-state index contributed by atoms with van der Waals surface area (Å²) in [4.78, 5) is 17.8. The molecule has 3 aliphatic rings. The standard InChI is InChI=1S/C23H36N4O/c1-16(2)26-10-12-27(13-11-26)21-8-6-17(7-9-21)23(28)25-22-18-4-3-5-19(22)15-20(24)14-18/h6-9,16,18-20,22H,3-5,10-15,24H2,1-2H3,(H,25,28). The van der Waals surface area contributed by atoms with Crippen molar-refractivity contribution in [3.05, 3.63) is 29.8 Å². The lowest BCUT2D eigenvalue weighted by Crippen LogP contribution is -2.53. The number of nitrogens with one attached hydrogen (secondary N) is 1. The molecule has 1 saturated heterocycles. The maximum absolute atomic E-state index is 12.9. The number of carbonyl (C=O) groups excluding carboxylic acids is 1. The maximum Gasteiger partial charge on any atom is 0.251 e. The lowest BCUT2D eigenvalue weighted by atomic mass is 9.67. The van der Waals surface area contributed by atoms with Crippen LogP contribution in [0, 0.1) is 11.8 Å². The normalized spacial score (nSPS) is 31.1. The Bertz CT molecular complexity index is 652. The summed E-state index contributed by atoms with van der Waals surface area (Å²) >= 11 is 0. The highest BCUT2D eigenvalue weighted by Crippen LogP contribution is 2.39. The third-order valence-corrected chi connectivity index (χ3v) is 7.21. The van der Waals surface area contributed by atoms with Crippen molar-refractivity contribution in [2.45, 2.75) is 64.1 Å². The van der Waals surface area contributed by atoms with Gasteiger partial charge >= 0.3 is 0 Å². The summed E-state index contributed by atoms with van der Waals surface area (Å²) in [7, 11) is 0. The first kappa shape index (κ1) is 19.7. The second kappa shape index (κ2) is 8.42. The van der Waals surface area contributed by atoms with Gasteiger partial charge in [0.15, 0.2) is 0 Å². The van der Waals surface area contributed by atoms with Gasteiger partial charge in [-0.1, -0.05) is 6.42 Å². The van der Waals surface area contributed by atoms with Gasteiger partial charge in [0, 0.05) is 55.6 Å². The molecular formula is C23H36N4O. The van der Waals surface area contributed by atoms with Gasteiger partial charge < -0.3 is 16.0 Å². The number of benzene rings is 1. The van der Waals surface area contributed by atoms with Crippen LogP contribution in [-0.2, 0) is 0 Å². The first-order valence-corrected chi connectivity index (χ1v) is 11.2. The van der Waals surface area contributed by atoms with Gasteiger partial charge in [0.25, 0.3) is 5.91 Å². The average molecular weight is 385 g/mol. The van der Waals surface area contributed by atoms with Crippen molar-refractivity contribution in [2.75, 3.05) is 31.1 Å². The molecule has 1 aliphatic heterocycles. The number of amides is 1. The molecule has 4 rings (SSSR count). The molecule has 5 nitrogen and oxygen atoms in total. The SMILES string of the molecule is CC(C)N1CCN(c2ccc(C(=O)NC3C4CCCC3CC(N)C4)cc2)CC1. The predicted octanol–water partition coefficient (Wildman–Crippen LogP) is 2.85. The molecule has 1 aromatic rings. The molecule has 0 aromatic heterocycles. The molecule has 0 spiro atoms. The largest absolute Gasteiger partial charge is 0.369 e. The van der Waals surface area contributed by atoms with E-state index >= 15 is 0 Å². The minimum Gasteiger partial charge on any atom is -0.369 e.